The van der Waals surface area contributed by atoms with E-state index in [1.807, 2.05) is 0 Å². The van der Waals surface area contributed by atoms with Crippen molar-refractivity contribution in [3.8, 4) is 0 Å². The van der Waals surface area contributed by atoms with Crippen LogP contribution in [0.25, 0.3) is 11.0 Å². The fraction of sp³-hybridized carbons (Fsp3) is 0. The zero-order chi connectivity index (χ0) is 9.42. The van der Waals surface area contributed by atoms with Crippen LogP contribution in [0.2, 0.25) is 0 Å². The Balaban J connectivity index is 2.68. The lowest BCUT2D eigenvalue weighted by atomic mass is 10.2. The Labute approximate surface area is 79.1 Å². The minimum absolute atomic E-state index is 0.141. The van der Waals surface area contributed by atoms with Crippen molar-refractivity contribution < 1.29 is 9.21 Å². The molecule has 0 bridgehead atoms. The van der Waals surface area contributed by atoms with Gasteiger partial charge in [-0.05, 0) is 35.9 Å². The third kappa shape index (κ3) is 1.38. The summed E-state index contributed by atoms with van der Waals surface area (Å²) in [5.41, 5.74) is 6.79. The number of nitrogens with two attached hydrogens (primary N) is 1. The van der Waals surface area contributed by atoms with Gasteiger partial charge in [0, 0.05) is 11.1 Å². The Kier molecular flexibility index (Phi) is 1.74. The topological polar surface area (TPSA) is 56.2 Å². The fourth-order valence-corrected chi connectivity index (χ4v) is 1.25. The standard InChI is InChI=1S/C9H6ClNO2/c10-9(12)8-4-5-3-6(11)1-2-7(5)13-8/h1-4H,11H2. The SMILES string of the molecule is Nc1ccc2oc(C(=O)Cl)cc2c1. The van der Waals surface area contributed by atoms with E-state index < -0.39 is 5.24 Å². The summed E-state index contributed by atoms with van der Waals surface area (Å²) in [6.45, 7) is 0. The minimum Gasteiger partial charge on any atom is -0.452 e. The van der Waals surface area contributed by atoms with Crippen molar-refractivity contribution in [2.24, 2.45) is 0 Å². The number of hydrogen-bond donors (Lipinski definition) is 1. The van der Waals surface area contributed by atoms with Crippen LogP contribution in [0.1, 0.15) is 10.6 Å². The predicted molar refractivity (Wildman–Crippen MR) is 50.8 cm³/mol. The molecular formula is C9H6ClNO2. The molecule has 1 heterocycles. The van der Waals surface area contributed by atoms with Gasteiger partial charge in [0.25, 0.3) is 5.24 Å². The molecule has 0 saturated carbocycles. The van der Waals surface area contributed by atoms with Crippen molar-refractivity contribution in [1.82, 2.24) is 0 Å². The van der Waals surface area contributed by atoms with Crippen molar-refractivity contribution in [2.45, 2.75) is 0 Å². The second kappa shape index (κ2) is 2.78. The zero-order valence-electron chi connectivity index (χ0n) is 6.58. The number of halogens is 1. The number of anilines is 1. The summed E-state index contributed by atoms with van der Waals surface area (Å²) in [4.78, 5) is 10.7. The minimum atomic E-state index is -0.602. The summed E-state index contributed by atoms with van der Waals surface area (Å²) < 4.78 is 5.15. The largest absolute Gasteiger partial charge is 0.452 e. The molecule has 0 amide bonds. The molecule has 66 valence electrons. The van der Waals surface area contributed by atoms with Crippen LogP contribution < -0.4 is 5.73 Å². The zero-order valence-corrected chi connectivity index (χ0v) is 7.34. The molecule has 2 aromatic rings. The highest BCUT2D eigenvalue weighted by molar-refractivity contribution is 6.67. The number of carbonyl (C=O) groups excluding carboxylic acids is 1. The summed E-state index contributed by atoms with van der Waals surface area (Å²) in [7, 11) is 0. The molecule has 1 aromatic carbocycles. The Morgan fingerprint density at radius 3 is 2.85 bits per heavy atom. The van der Waals surface area contributed by atoms with E-state index in [4.69, 9.17) is 21.8 Å². The van der Waals surface area contributed by atoms with Gasteiger partial charge < -0.3 is 10.2 Å². The fourth-order valence-electron chi connectivity index (χ4n) is 1.16. The Morgan fingerprint density at radius 2 is 2.15 bits per heavy atom. The van der Waals surface area contributed by atoms with Crippen LogP contribution in [-0.4, -0.2) is 5.24 Å². The molecule has 0 saturated heterocycles. The lowest BCUT2D eigenvalue weighted by Gasteiger charge is -1.89. The summed E-state index contributed by atoms with van der Waals surface area (Å²) in [6, 6.07) is 6.70. The van der Waals surface area contributed by atoms with Crippen molar-refractivity contribution in [3.63, 3.8) is 0 Å². The van der Waals surface area contributed by atoms with Gasteiger partial charge in [-0.2, -0.15) is 0 Å². The summed E-state index contributed by atoms with van der Waals surface area (Å²) in [6.07, 6.45) is 0. The van der Waals surface area contributed by atoms with E-state index in [0.29, 0.717) is 11.3 Å². The van der Waals surface area contributed by atoms with Crippen molar-refractivity contribution in [3.05, 3.63) is 30.0 Å². The van der Waals surface area contributed by atoms with Crippen molar-refractivity contribution in [2.75, 3.05) is 5.73 Å². The Hall–Kier alpha value is -1.48. The summed E-state index contributed by atoms with van der Waals surface area (Å²) in [5.74, 6) is 0.141. The third-order valence-electron chi connectivity index (χ3n) is 1.73. The Bertz CT molecular complexity index is 475. The number of nitrogen functional groups attached to an aromatic ring is 1. The van der Waals surface area contributed by atoms with Gasteiger partial charge in [-0.25, -0.2) is 0 Å². The van der Waals surface area contributed by atoms with Gasteiger partial charge in [0.15, 0.2) is 5.76 Å². The number of benzene rings is 1. The first kappa shape index (κ1) is 8.13. The van der Waals surface area contributed by atoms with E-state index in [9.17, 15) is 4.79 Å². The highest BCUT2D eigenvalue weighted by atomic mass is 35.5. The van der Waals surface area contributed by atoms with Gasteiger partial charge in [-0.3, -0.25) is 4.79 Å². The van der Waals surface area contributed by atoms with Crippen LogP contribution in [0.3, 0.4) is 0 Å². The first-order valence-electron chi connectivity index (χ1n) is 3.66. The molecule has 0 atom stereocenters. The predicted octanol–water partition coefficient (Wildman–Crippen LogP) is 2.39. The molecule has 13 heavy (non-hydrogen) atoms. The van der Waals surface area contributed by atoms with E-state index >= 15 is 0 Å². The van der Waals surface area contributed by atoms with Crippen LogP contribution in [0.15, 0.2) is 28.7 Å². The maximum absolute atomic E-state index is 10.7. The van der Waals surface area contributed by atoms with Crippen LogP contribution >= 0.6 is 11.6 Å². The van der Waals surface area contributed by atoms with Crippen LogP contribution in [0, 0.1) is 0 Å². The molecule has 1 aromatic heterocycles. The molecule has 2 N–H and O–H groups in total. The lowest BCUT2D eigenvalue weighted by Crippen LogP contribution is -1.81. The monoisotopic (exact) mass is 195 g/mol. The molecule has 0 unspecified atom stereocenters. The van der Waals surface area contributed by atoms with E-state index in [1.54, 1.807) is 24.3 Å². The number of rotatable bonds is 1. The van der Waals surface area contributed by atoms with Crippen molar-refractivity contribution >= 4 is 33.5 Å². The van der Waals surface area contributed by atoms with Gasteiger partial charge in [0.05, 0.1) is 0 Å². The lowest BCUT2D eigenvalue weighted by molar-refractivity contribution is 0.105. The molecule has 3 nitrogen and oxygen atoms in total. The van der Waals surface area contributed by atoms with Gasteiger partial charge in [0.1, 0.15) is 5.58 Å². The second-order valence-corrected chi connectivity index (χ2v) is 3.02. The van der Waals surface area contributed by atoms with Gasteiger partial charge in [0.2, 0.25) is 0 Å². The highest BCUT2D eigenvalue weighted by Crippen LogP contribution is 2.22. The van der Waals surface area contributed by atoms with E-state index in [-0.39, 0.29) is 5.76 Å². The quantitative estimate of drug-likeness (QED) is 0.562. The molecule has 0 aliphatic heterocycles. The Morgan fingerprint density at radius 1 is 1.38 bits per heavy atom. The molecule has 0 radical (unpaired) electrons. The maximum Gasteiger partial charge on any atom is 0.287 e. The first-order chi connectivity index (χ1) is 6.16. The average molecular weight is 196 g/mol. The smallest absolute Gasteiger partial charge is 0.287 e. The molecule has 0 aliphatic carbocycles. The molecular weight excluding hydrogens is 190 g/mol. The van der Waals surface area contributed by atoms with Crippen LogP contribution in [0.4, 0.5) is 5.69 Å². The van der Waals surface area contributed by atoms with Gasteiger partial charge in [-0.1, -0.05) is 0 Å². The van der Waals surface area contributed by atoms with E-state index in [1.165, 1.54) is 0 Å². The number of furan rings is 1. The molecule has 0 spiro atoms. The molecule has 0 aliphatic rings. The molecule has 0 fully saturated rings. The number of hydrogen-bond acceptors (Lipinski definition) is 3. The van der Waals surface area contributed by atoms with E-state index in [2.05, 4.69) is 0 Å². The van der Waals surface area contributed by atoms with E-state index in [0.717, 1.165) is 5.39 Å². The number of fused-ring (bicyclic) bond motifs is 1. The van der Waals surface area contributed by atoms with Gasteiger partial charge >= 0.3 is 0 Å². The average Bonchev–Trinajstić information content (AvgIpc) is 2.46. The summed E-state index contributed by atoms with van der Waals surface area (Å²) >= 11 is 5.25. The maximum atomic E-state index is 10.7. The first-order valence-corrected chi connectivity index (χ1v) is 4.03. The second-order valence-electron chi connectivity index (χ2n) is 2.68. The number of carbonyl (C=O) groups is 1. The third-order valence-corrected chi connectivity index (χ3v) is 1.92. The summed E-state index contributed by atoms with van der Waals surface area (Å²) in [5, 5.41) is 0.179. The molecule has 4 heteroatoms. The van der Waals surface area contributed by atoms with Crippen LogP contribution in [0.5, 0.6) is 0 Å². The van der Waals surface area contributed by atoms with Crippen LogP contribution in [-0.2, 0) is 0 Å². The highest BCUT2D eigenvalue weighted by Gasteiger charge is 2.08. The van der Waals surface area contributed by atoms with Gasteiger partial charge in [-0.15, -0.1) is 0 Å². The molecule has 2 rings (SSSR count). The normalized spacial score (nSPS) is 10.5. The van der Waals surface area contributed by atoms with Crippen molar-refractivity contribution in [1.29, 1.82) is 0 Å².